The molecule has 2 aromatic rings. The summed E-state index contributed by atoms with van der Waals surface area (Å²) in [6.45, 7) is 5.25. The van der Waals surface area contributed by atoms with Gasteiger partial charge in [0.2, 0.25) is 0 Å². The van der Waals surface area contributed by atoms with Crippen molar-refractivity contribution >= 4 is 16.7 Å². The highest BCUT2D eigenvalue weighted by Crippen LogP contribution is 2.17. The average molecular weight is 270 g/mol. The Hall–Kier alpha value is -1.78. The van der Waals surface area contributed by atoms with E-state index in [0.29, 0.717) is 18.7 Å². The third-order valence-electron chi connectivity index (χ3n) is 3.78. The van der Waals surface area contributed by atoms with Crippen LogP contribution in [0.3, 0.4) is 0 Å². The molecule has 1 unspecified atom stereocenters. The Labute approximate surface area is 118 Å². The summed E-state index contributed by atoms with van der Waals surface area (Å²) in [6.07, 6.45) is 1.39. The molecule has 0 spiro atoms. The van der Waals surface area contributed by atoms with Crippen molar-refractivity contribution in [3.8, 4) is 0 Å². The number of carbonyl (C=O) groups is 1. The van der Waals surface area contributed by atoms with Crippen LogP contribution in [0.15, 0.2) is 36.5 Å². The number of pyridine rings is 1. The first-order valence-corrected chi connectivity index (χ1v) is 7.01. The number of likely N-dealkylation sites (N-methyl/N-ethyl adjacent to an activating group) is 1. The Balaban J connectivity index is 1.84. The van der Waals surface area contributed by atoms with Crippen molar-refractivity contribution in [1.82, 2.24) is 9.88 Å². The molecule has 4 heteroatoms. The molecule has 2 heterocycles. The van der Waals surface area contributed by atoms with Crippen molar-refractivity contribution in [3.05, 3.63) is 42.1 Å². The highest BCUT2D eigenvalue weighted by Gasteiger charge is 2.26. The van der Waals surface area contributed by atoms with Crippen LogP contribution in [0.25, 0.3) is 10.9 Å². The van der Waals surface area contributed by atoms with Crippen LogP contribution >= 0.6 is 0 Å². The summed E-state index contributed by atoms with van der Waals surface area (Å²) in [5.41, 5.74) is 1.53. The number of rotatable bonds is 3. The minimum Gasteiger partial charge on any atom is -0.367 e. The molecule has 1 aliphatic heterocycles. The molecule has 3 rings (SSSR count). The van der Waals surface area contributed by atoms with Gasteiger partial charge in [-0.3, -0.25) is 14.7 Å². The quantitative estimate of drug-likeness (QED) is 0.801. The van der Waals surface area contributed by atoms with Gasteiger partial charge < -0.3 is 4.74 Å². The zero-order valence-corrected chi connectivity index (χ0v) is 11.6. The van der Waals surface area contributed by atoms with E-state index in [1.807, 2.05) is 30.3 Å². The SMILES string of the molecule is CCN1CCOC(C(=O)c2ccc3cccnc3c2)C1. The summed E-state index contributed by atoms with van der Waals surface area (Å²) >= 11 is 0. The monoisotopic (exact) mass is 270 g/mol. The normalized spacial score (nSPS) is 20.1. The first-order chi connectivity index (χ1) is 9.78. The third kappa shape index (κ3) is 2.57. The number of hydrogen-bond donors (Lipinski definition) is 0. The molecule has 0 N–H and O–H groups in total. The van der Waals surface area contributed by atoms with E-state index in [0.717, 1.165) is 24.0 Å². The Morgan fingerprint density at radius 2 is 2.35 bits per heavy atom. The number of nitrogens with zero attached hydrogens (tertiary/aromatic N) is 2. The van der Waals surface area contributed by atoms with E-state index in [1.165, 1.54) is 0 Å². The molecule has 1 saturated heterocycles. The van der Waals surface area contributed by atoms with Crippen LogP contribution < -0.4 is 0 Å². The zero-order chi connectivity index (χ0) is 13.9. The number of morpholine rings is 1. The molecule has 0 amide bonds. The molecule has 4 nitrogen and oxygen atoms in total. The highest BCUT2D eigenvalue weighted by atomic mass is 16.5. The van der Waals surface area contributed by atoms with Crippen LogP contribution in [0.1, 0.15) is 17.3 Å². The minimum atomic E-state index is -0.357. The van der Waals surface area contributed by atoms with Crippen molar-refractivity contribution in [3.63, 3.8) is 0 Å². The summed E-state index contributed by atoms with van der Waals surface area (Å²) in [7, 11) is 0. The lowest BCUT2D eigenvalue weighted by Gasteiger charge is -2.31. The van der Waals surface area contributed by atoms with E-state index in [2.05, 4.69) is 16.8 Å². The van der Waals surface area contributed by atoms with Crippen LogP contribution in [-0.2, 0) is 4.74 Å². The van der Waals surface area contributed by atoms with Gasteiger partial charge in [0.1, 0.15) is 6.10 Å². The Morgan fingerprint density at radius 3 is 3.20 bits per heavy atom. The predicted molar refractivity (Wildman–Crippen MR) is 77.9 cm³/mol. The Kier molecular flexibility index (Phi) is 3.76. The van der Waals surface area contributed by atoms with Crippen LogP contribution in [0.2, 0.25) is 0 Å². The highest BCUT2D eigenvalue weighted by molar-refractivity contribution is 6.02. The molecule has 1 aromatic carbocycles. The fourth-order valence-electron chi connectivity index (χ4n) is 2.55. The maximum Gasteiger partial charge on any atom is 0.192 e. The van der Waals surface area contributed by atoms with Crippen LogP contribution in [0.5, 0.6) is 0 Å². The third-order valence-corrected chi connectivity index (χ3v) is 3.78. The van der Waals surface area contributed by atoms with Gasteiger partial charge in [-0.15, -0.1) is 0 Å². The van der Waals surface area contributed by atoms with Crippen molar-refractivity contribution in [2.24, 2.45) is 0 Å². The van der Waals surface area contributed by atoms with Crippen molar-refractivity contribution in [2.75, 3.05) is 26.2 Å². The summed E-state index contributed by atoms with van der Waals surface area (Å²) < 4.78 is 5.63. The van der Waals surface area contributed by atoms with Crippen LogP contribution in [0.4, 0.5) is 0 Å². The molecule has 20 heavy (non-hydrogen) atoms. The smallest absolute Gasteiger partial charge is 0.192 e. The van der Waals surface area contributed by atoms with Gasteiger partial charge in [0.25, 0.3) is 0 Å². The maximum absolute atomic E-state index is 12.5. The topological polar surface area (TPSA) is 42.4 Å². The van der Waals surface area contributed by atoms with Gasteiger partial charge in [0.05, 0.1) is 12.1 Å². The van der Waals surface area contributed by atoms with Gasteiger partial charge in [0.15, 0.2) is 5.78 Å². The van der Waals surface area contributed by atoms with E-state index in [4.69, 9.17) is 4.74 Å². The number of ether oxygens (including phenoxy) is 1. The zero-order valence-electron chi connectivity index (χ0n) is 11.6. The fourth-order valence-corrected chi connectivity index (χ4v) is 2.55. The molecule has 0 aliphatic carbocycles. The molecule has 0 saturated carbocycles. The van der Waals surface area contributed by atoms with Crippen molar-refractivity contribution < 1.29 is 9.53 Å². The number of Topliss-reactive ketones (excluding diaryl/α,β-unsaturated/α-hetero) is 1. The van der Waals surface area contributed by atoms with Crippen LogP contribution in [-0.4, -0.2) is 48.0 Å². The lowest BCUT2D eigenvalue weighted by molar-refractivity contribution is -0.0148. The largest absolute Gasteiger partial charge is 0.367 e. The molecule has 104 valence electrons. The molecule has 0 bridgehead atoms. The lowest BCUT2D eigenvalue weighted by atomic mass is 10.0. The fraction of sp³-hybridized carbons (Fsp3) is 0.375. The maximum atomic E-state index is 12.5. The van der Waals surface area contributed by atoms with Gasteiger partial charge in [-0.2, -0.15) is 0 Å². The van der Waals surface area contributed by atoms with E-state index < -0.39 is 0 Å². The molecule has 1 aromatic heterocycles. The minimum absolute atomic E-state index is 0.0516. The second kappa shape index (κ2) is 5.69. The number of benzene rings is 1. The summed E-state index contributed by atoms with van der Waals surface area (Å²) in [4.78, 5) is 19.1. The molecule has 1 fully saturated rings. The van der Waals surface area contributed by atoms with E-state index in [1.54, 1.807) is 6.20 Å². The summed E-state index contributed by atoms with van der Waals surface area (Å²) in [6, 6.07) is 9.54. The number of aromatic nitrogens is 1. The van der Waals surface area contributed by atoms with Gasteiger partial charge >= 0.3 is 0 Å². The van der Waals surface area contributed by atoms with E-state index in [-0.39, 0.29) is 11.9 Å². The predicted octanol–water partition coefficient (Wildman–Crippen LogP) is 2.14. The molecule has 0 radical (unpaired) electrons. The average Bonchev–Trinajstić information content (AvgIpc) is 2.53. The lowest BCUT2D eigenvalue weighted by Crippen LogP contribution is -2.45. The van der Waals surface area contributed by atoms with Crippen LogP contribution in [0, 0.1) is 0 Å². The number of carbonyl (C=O) groups excluding carboxylic acids is 1. The summed E-state index contributed by atoms with van der Waals surface area (Å²) in [5, 5.41) is 1.05. The standard InChI is InChI=1S/C16H18N2O2/c1-2-18-8-9-20-15(11-18)16(19)13-6-5-12-4-3-7-17-14(12)10-13/h3-7,10,15H,2,8-9,11H2,1H3. The first-order valence-electron chi connectivity index (χ1n) is 7.01. The van der Waals surface area contributed by atoms with Gasteiger partial charge in [0, 0.05) is 30.2 Å². The number of ketones is 1. The molecular weight excluding hydrogens is 252 g/mol. The second-order valence-corrected chi connectivity index (χ2v) is 5.03. The second-order valence-electron chi connectivity index (χ2n) is 5.03. The van der Waals surface area contributed by atoms with Gasteiger partial charge in [-0.05, 0) is 18.7 Å². The molecular formula is C16H18N2O2. The van der Waals surface area contributed by atoms with Gasteiger partial charge in [-0.1, -0.05) is 25.1 Å². The van der Waals surface area contributed by atoms with Crippen molar-refractivity contribution in [1.29, 1.82) is 0 Å². The van der Waals surface area contributed by atoms with Gasteiger partial charge in [-0.25, -0.2) is 0 Å². The Morgan fingerprint density at radius 1 is 1.45 bits per heavy atom. The number of hydrogen-bond acceptors (Lipinski definition) is 4. The number of fused-ring (bicyclic) bond motifs is 1. The summed E-state index contributed by atoms with van der Waals surface area (Å²) in [5.74, 6) is 0.0516. The van der Waals surface area contributed by atoms with Crippen molar-refractivity contribution in [2.45, 2.75) is 13.0 Å². The van der Waals surface area contributed by atoms with E-state index >= 15 is 0 Å². The molecule has 1 aliphatic rings. The van der Waals surface area contributed by atoms with E-state index in [9.17, 15) is 4.79 Å². The Bertz CT molecular complexity index is 627. The first kappa shape index (κ1) is 13.2. The molecule has 1 atom stereocenters.